The van der Waals surface area contributed by atoms with Crippen LogP contribution in [-0.2, 0) is 6.54 Å². The first-order valence-electron chi connectivity index (χ1n) is 6.42. The molecule has 0 aliphatic rings. The zero-order chi connectivity index (χ0) is 14.3. The van der Waals surface area contributed by atoms with Gasteiger partial charge >= 0.3 is 6.36 Å². The van der Waals surface area contributed by atoms with Crippen LogP contribution in [0.3, 0.4) is 0 Å². The number of hydrogen-bond donors (Lipinski definition) is 1. The lowest BCUT2D eigenvalue weighted by Crippen LogP contribution is -2.18. The van der Waals surface area contributed by atoms with Crippen molar-refractivity contribution in [3.05, 3.63) is 29.8 Å². The Kier molecular flexibility index (Phi) is 6.15. The fourth-order valence-electron chi connectivity index (χ4n) is 1.72. The summed E-state index contributed by atoms with van der Waals surface area (Å²) in [6.07, 6.45) is -2.43. The Bertz CT molecular complexity index is 377. The van der Waals surface area contributed by atoms with Crippen molar-refractivity contribution in [2.45, 2.75) is 39.6 Å². The molecule has 0 fully saturated rings. The van der Waals surface area contributed by atoms with E-state index in [0.717, 1.165) is 24.9 Å². The van der Waals surface area contributed by atoms with E-state index in [2.05, 4.69) is 23.9 Å². The number of benzene rings is 1. The molecule has 0 spiro atoms. The molecular weight excluding hydrogens is 255 g/mol. The maximum absolute atomic E-state index is 12.1. The summed E-state index contributed by atoms with van der Waals surface area (Å²) < 4.78 is 40.1. The second-order valence-electron chi connectivity index (χ2n) is 4.91. The molecule has 5 heteroatoms. The zero-order valence-corrected chi connectivity index (χ0v) is 11.3. The lowest BCUT2D eigenvalue weighted by atomic mass is 10.1. The molecule has 0 bridgehead atoms. The summed E-state index contributed by atoms with van der Waals surface area (Å²) in [7, 11) is 0. The van der Waals surface area contributed by atoms with Crippen LogP contribution in [0.2, 0.25) is 0 Å². The summed E-state index contributed by atoms with van der Waals surface area (Å²) in [5.74, 6) is 0.499. The standard InChI is InChI=1S/C14H20F3NO/c1-11(2)5-4-8-18-10-12-6-3-7-13(9-12)19-14(15,16)17/h3,6-7,9,11,18H,4-5,8,10H2,1-2H3. The van der Waals surface area contributed by atoms with Gasteiger partial charge in [-0.25, -0.2) is 0 Å². The Morgan fingerprint density at radius 2 is 2.00 bits per heavy atom. The third-order valence-corrected chi connectivity index (χ3v) is 2.60. The summed E-state index contributed by atoms with van der Waals surface area (Å²) in [6, 6.07) is 6.05. The highest BCUT2D eigenvalue weighted by atomic mass is 19.4. The van der Waals surface area contributed by atoms with Gasteiger partial charge in [-0.2, -0.15) is 0 Å². The number of hydrogen-bond acceptors (Lipinski definition) is 2. The van der Waals surface area contributed by atoms with Crippen LogP contribution in [0.5, 0.6) is 5.75 Å². The minimum atomic E-state index is -4.64. The molecule has 0 atom stereocenters. The molecule has 0 aliphatic carbocycles. The van der Waals surface area contributed by atoms with Crippen LogP contribution in [0, 0.1) is 5.92 Å². The Labute approximate surface area is 112 Å². The molecule has 1 N–H and O–H groups in total. The summed E-state index contributed by atoms with van der Waals surface area (Å²) in [6.45, 7) is 5.74. The van der Waals surface area contributed by atoms with Gasteiger partial charge in [0.25, 0.3) is 0 Å². The Hall–Kier alpha value is -1.23. The predicted octanol–water partition coefficient (Wildman–Crippen LogP) is 4.11. The van der Waals surface area contributed by atoms with Crippen molar-refractivity contribution in [2.24, 2.45) is 5.92 Å². The van der Waals surface area contributed by atoms with E-state index in [4.69, 9.17) is 0 Å². The Morgan fingerprint density at radius 3 is 2.63 bits per heavy atom. The minimum Gasteiger partial charge on any atom is -0.406 e. The topological polar surface area (TPSA) is 21.3 Å². The van der Waals surface area contributed by atoms with E-state index < -0.39 is 6.36 Å². The number of ether oxygens (including phenoxy) is 1. The van der Waals surface area contributed by atoms with Crippen molar-refractivity contribution in [3.63, 3.8) is 0 Å². The maximum Gasteiger partial charge on any atom is 0.573 e. The van der Waals surface area contributed by atoms with Crippen LogP contribution < -0.4 is 10.1 Å². The monoisotopic (exact) mass is 275 g/mol. The van der Waals surface area contributed by atoms with Crippen molar-refractivity contribution in [2.75, 3.05) is 6.54 Å². The third-order valence-electron chi connectivity index (χ3n) is 2.60. The maximum atomic E-state index is 12.1. The van der Waals surface area contributed by atoms with Gasteiger partial charge in [-0.15, -0.1) is 13.2 Å². The molecule has 0 heterocycles. The van der Waals surface area contributed by atoms with Crippen LogP contribution in [0.1, 0.15) is 32.3 Å². The molecule has 108 valence electrons. The largest absolute Gasteiger partial charge is 0.573 e. The van der Waals surface area contributed by atoms with Gasteiger partial charge in [0.05, 0.1) is 0 Å². The van der Waals surface area contributed by atoms with Crippen molar-refractivity contribution in [1.29, 1.82) is 0 Å². The molecule has 0 saturated carbocycles. The highest BCUT2D eigenvalue weighted by molar-refractivity contribution is 5.28. The van der Waals surface area contributed by atoms with Gasteiger partial charge < -0.3 is 10.1 Å². The van der Waals surface area contributed by atoms with E-state index in [-0.39, 0.29) is 5.75 Å². The molecule has 2 nitrogen and oxygen atoms in total. The van der Waals surface area contributed by atoms with Gasteiger partial charge in [-0.3, -0.25) is 0 Å². The summed E-state index contributed by atoms with van der Waals surface area (Å²) in [5.41, 5.74) is 0.784. The van der Waals surface area contributed by atoms with Gasteiger partial charge in [0.2, 0.25) is 0 Å². The van der Waals surface area contributed by atoms with E-state index in [1.54, 1.807) is 12.1 Å². The molecular formula is C14H20F3NO. The lowest BCUT2D eigenvalue weighted by molar-refractivity contribution is -0.274. The fourth-order valence-corrected chi connectivity index (χ4v) is 1.72. The van der Waals surface area contributed by atoms with Crippen LogP contribution in [-0.4, -0.2) is 12.9 Å². The quantitative estimate of drug-likeness (QED) is 0.756. The van der Waals surface area contributed by atoms with E-state index in [9.17, 15) is 13.2 Å². The molecule has 1 aromatic carbocycles. The van der Waals surface area contributed by atoms with E-state index in [1.807, 2.05) is 0 Å². The molecule has 0 radical (unpaired) electrons. The van der Waals surface area contributed by atoms with E-state index in [0.29, 0.717) is 12.5 Å². The van der Waals surface area contributed by atoms with Gasteiger partial charge in [0, 0.05) is 6.54 Å². The van der Waals surface area contributed by atoms with Crippen molar-refractivity contribution in [1.82, 2.24) is 5.32 Å². The first-order valence-corrected chi connectivity index (χ1v) is 6.42. The number of nitrogens with one attached hydrogen (secondary N) is 1. The Balaban J connectivity index is 2.36. The number of halogens is 3. The second kappa shape index (κ2) is 7.38. The van der Waals surface area contributed by atoms with Gasteiger partial charge in [0.1, 0.15) is 5.75 Å². The SMILES string of the molecule is CC(C)CCCNCc1cccc(OC(F)(F)F)c1. The lowest BCUT2D eigenvalue weighted by Gasteiger charge is -2.10. The molecule has 0 saturated heterocycles. The molecule has 19 heavy (non-hydrogen) atoms. The number of rotatable bonds is 7. The summed E-state index contributed by atoms with van der Waals surface area (Å²) in [5, 5.41) is 3.21. The van der Waals surface area contributed by atoms with Crippen LogP contribution >= 0.6 is 0 Å². The third kappa shape index (κ3) is 7.72. The van der Waals surface area contributed by atoms with Crippen LogP contribution in [0.25, 0.3) is 0 Å². The molecule has 0 amide bonds. The number of alkyl halides is 3. The summed E-state index contributed by atoms with van der Waals surface area (Å²) in [4.78, 5) is 0. The van der Waals surface area contributed by atoms with Gasteiger partial charge in [0.15, 0.2) is 0 Å². The fraction of sp³-hybridized carbons (Fsp3) is 0.571. The normalized spacial score (nSPS) is 11.9. The summed E-state index contributed by atoms with van der Waals surface area (Å²) >= 11 is 0. The predicted molar refractivity (Wildman–Crippen MR) is 68.9 cm³/mol. The van der Waals surface area contributed by atoms with Crippen LogP contribution in [0.4, 0.5) is 13.2 Å². The van der Waals surface area contributed by atoms with Crippen molar-refractivity contribution in [3.8, 4) is 5.75 Å². The van der Waals surface area contributed by atoms with Crippen molar-refractivity contribution >= 4 is 0 Å². The molecule has 0 unspecified atom stereocenters. The first-order chi connectivity index (χ1) is 8.87. The molecule has 1 aromatic rings. The van der Waals surface area contributed by atoms with Crippen molar-refractivity contribution < 1.29 is 17.9 Å². The average Bonchev–Trinajstić information content (AvgIpc) is 2.26. The van der Waals surface area contributed by atoms with E-state index in [1.165, 1.54) is 12.1 Å². The van der Waals surface area contributed by atoms with E-state index >= 15 is 0 Å². The minimum absolute atomic E-state index is 0.172. The smallest absolute Gasteiger partial charge is 0.406 e. The first kappa shape index (κ1) is 15.8. The molecule has 0 aliphatic heterocycles. The molecule has 1 rings (SSSR count). The van der Waals surface area contributed by atoms with Gasteiger partial charge in [-0.1, -0.05) is 26.0 Å². The highest BCUT2D eigenvalue weighted by Crippen LogP contribution is 2.23. The average molecular weight is 275 g/mol. The molecule has 0 aromatic heterocycles. The van der Waals surface area contributed by atoms with Crippen LogP contribution in [0.15, 0.2) is 24.3 Å². The van der Waals surface area contributed by atoms with Gasteiger partial charge in [-0.05, 0) is 43.0 Å². The highest BCUT2D eigenvalue weighted by Gasteiger charge is 2.31. The second-order valence-corrected chi connectivity index (χ2v) is 4.91. The Morgan fingerprint density at radius 1 is 1.26 bits per heavy atom. The zero-order valence-electron chi connectivity index (χ0n) is 11.3.